The molecule has 0 aromatic carbocycles. The molecule has 92 valence electrons. The molecule has 1 aliphatic rings. The van der Waals surface area contributed by atoms with E-state index in [2.05, 4.69) is 31.7 Å². The number of carbonyl (C=O) groups excluding carboxylic acids is 2. The molecule has 1 rings (SSSR count). The highest BCUT2D eigenvalue weighted by molar-refractivity contribution is 14.1. The van der Waals surface area contributed by atoms with E-state index in [0.717, 1.165) is 32.0 Å². The number of rotatable bonds is 6. The SMILES string of the molecule is O=CCCCC(=O)NC1CCC(NI)CC1. The van der Waals surface area contributed by atoms with E-state index >= 15 is 0 Å². The summed E-state index contributed by atoms with van der Waals surface area (Å²) in [5.41, 5.74) is 0. The summed E-state index contributed by atoms with van der Waals surface area (Å²) in [5, 5.41) is 3.04. The highest BCUT2D eigenvalue weighted by atomic mass is 127. The summed E-state index contributed by atoms with van der Waals surface area (Å²) in [7, 11) is 0. The van der Waals surface area contributed by atoms with Gasteiger partial charge in [0.1, 0.15) is 6.29 Å². The Morgan fingerprint density at radius 1 is 1.25 bits per heavy atom. The maximum absolute atomic E-state index is 11.5. The fourth-order valence-corrected chi connectivity index (χ4v) is 2.62. The predicted molar refractivity (Wildman–Crippen MR) is 71.3 cm³/mol. The Hall–Kier alpha value is -0.170. The minimum atomic E-state index is 0.0905. The van der Waals surface area contributed by atoms with Gasteiger partial charge in [0.25, 0.3) is 0 Å². The summed E-state index contributed by atoms with van der Waals surface area (Å²) in [4.78, 5) is 21.6. The van der Waals surface area contributed by atoms with Crippen LogP contribution in [0.25, 0.3) is 0 Å². The van der Waals surface area contributed by atoms with Gasteiger partial charge < -0.3 is 10.1 Å². The number of hydrogen-bond donors (Lipinski definition) is 2. The summed E-state index contributed by atoms with van der Waals surface area (Å²) in [5.74, 6) is 0.0905. The van der Waals surface area contributed by atoms with Crippen molar-refractivity contribution < 1.29 is 9.59 Å². The minimum absolute atomic E-state index is 0.0905. The van der Waals surface area contributed by atoms with Crippen LogP contribution in [0.4, 0.5) is 0 Å². The lowest BCUT2D eigenvalue weighted by Crippen LogP contribution is -2.40. The normalized spacial score (nSPS) is 25.1. The summed E-state index contributed by atoms with van der Waals surface area (Å²) in [6, 6.07) is 0.938. The number of unbranched alkanes of at least 4 members (excludes halogenated alkanes) is 1. The lowest BCUT2D eigenvalue weighted by Gasteiger charge is -2.28. The number of hydrogen-bond acceptors (Lipinski definition) is 3. The second-order valence-corrected chi connectivity index (χ2v) is 4.91. The van der Waals surface area contributed by atoms with Gasteiger partial charge in [-0.05, 0) is 32.1 Å². The molecule has 1 saturated carbocycles. The van der Waals surface area contributed by atoms with Gasteiger partial charge in [0.15, 0.2) is 0 Å². The zero-order valence-electron chi connectivity index (χ0n) is 9.38. The van der Waals surface area contributed by atoms with Crippen molar-refractivity contribution in [3.63, 3.8) is 0 Å². The maximum Gasteiger partial charge on any atom is 0.220 e. The van der Waals surface area contributed by atoms with Crippen LogP contribution in [0.1, 0.15) is 44.9 Å². The predicted octanol–water partition coefficient (Wildman–Crippen LogP) is 1.72. The van der Waals surface area contributed by atoms with Crippen LogP contribution < -0.4 is 8.85 Å². The van der Waals surface area contributed by atoms with Crippen molar-refractivity contribution in [1.82, 2.24) is 8.85 Å². The molecule has 0 aromatic heterocycles. The summed E-state index contributed by atoms with van der Waals surface area (Å²) >= 11 is 2.19. The third-order valence-corrected chi connectivity index (χ3v) is 3.85. The van der Waals surface area contributed by atoms with Crippen molar-refractivity contribution in [1.29, 1.82) is 0 Å². The summed E-state index contributed by atoms with van der Waals surface area (Å²) in [6.07, 6.45) is 6.86. The van der Waals surface area contributed by atoms with Crippen LogP contribution in [0.2, 0.25) is 0 Å². The Labute approximate surface area is 110 Å². The smallest absolute Gasteiger partial charge is 0.220 e. The molecule has 0 saturated heterocycles. The van der Waals surface area contributed by atoms with Crippen LogP contribution >= 0.6 is 22.9 Å². The van der Waals surface area contributed by atoms with Crippen LogP contribution in [0.3, 0.4) is 0 Å². The quantitative estimate of drug-likeness (QED) is 0.336. The van der Waals surface area contributed by atoms with Crippen molar-refractivity contribution in [3.8, 4) is 0 Å². The fraction of sp³-hybridized carbons (Fsp3) is 0.818. The summed E-state index contributed by atoms with van der Waals surface area (Å²) < 4.78 is 3.24. The molecule has 1 aliphatic carbocycles. The number of carbonyl (C=O) groups is 2. The third kappa shape index (κ3) is 5.25. The van der Waals surface area contributed by atoms with Gasteiger partial charge in [-0.1, -0.05) is 0 Å². The number of amides is 1. The van der Waals surface area contributed by atoms with Crippen molar-refractivity contribution in [3.05, 3.63) is 0 Å². The van der Waals surface area contributed by atoms with Crippen LogP contribution in [0.5, 0.6) is 0 Å². The van der Waals surface area contributed by atoms with E-state index in [9.17, 15) is 9.59 Å². The van der Waals surface area contributed by atoms with Crippen molar-refractivity contribution in [2.75, 3.05) is 0 Å². The molecule has 0 unspecified atom stereocenters. The molecule has 0 heterocycles. The molecule has 0 atom stereocenters. The van der Waals surface area contributed by atoms with E-state index in [0.29, 0.717) is 31.3 Å². The van der Waals surface area contributed by atoms with Crippen LogP contribution in [0, 0.1) is 0 Å². The standard InChI is InChI=1S/C11H19IN2O2/c12-14-10-6-4-9(5-7-10)13-11(16)3-1-2-8-15/h8-10,14H,1-7H2,(H,13,16). The first-order valence-electron chi connectivity index (χ1n) is 5.85. The lowest BCUT2D eigenvalue weighted by molar-refractivity contribution is -0.122. The average molecular weight is 338 g/mol. The van der Waals surface area contributed by atoms with E-state index in [1.165, 1.54) is 0 Å². The molecule has 16 heavy (non-hydrogen) atoms. The third-order valence-electron chi connectivity index (χ3n) is 2.97. The molecular weight excluding hydrogens is 319 g/mol. The lowest BCUT2D eigenvalue weighted by atomic mass is 9.92. The average Bonchev–Trinajstić information content (AvgIpc) is 2.30. The van der Waals surface area contributed by atoms with E-state index in [4.69, 9.17) is 0 Å². The second-order valence-electron chi connectivity index (χ2n) is 4.28. The molecular formula is C11H19IN2O2. The van der Waals surface area contributed by atoms with E-state index in [-0.39, 0.29) is 5.91 Å². The van der Waals surface area contributed by atoms with Gasteiger partial charge in [-0.3, -0.25) is 8.32 Å². The number of halogens is 1. The van der Waals surface area contributed by atoms with Gasteiger partial charge in [-0.2, -0.15) is 0 Å². The first kappa shape index (κ1) is 13.9. The first-order chi connectivity index (χ1) is 7.76. The molecule has 4 nitrogen and oxygen atoms in total. The topological polar surface area (TPSA) is 58.2 Å². The number of nitrogens with one attached hydrogen (secondary N) is 2. The second kappa shape index (κ2) is 8.00. The van der Waals surface area contributed by atoms with Crippen molar-refractivity contribution in [2.45, 2.75) is 57.0 Å². The highest BCUT2D eigenvalue weighted by Crippen LogP contribution is 2.19. The van der Waals surface area contributed by atoms with Crippen molar-refractivity contribution in [2.24, 2.45) is 0 Å². The van der Waals surface area contributed by atoms with Gasteiger partial charge in [0.2, 0.25) is 5.91 Å². The molecule has 0 bridgehead atoms. The maximum atomic E-state index is 11.5. The molecule has 0 aliphatic heterocycles. The highest BCUT2D eigenvalue weighted by Gasteiger charge is 2.21. The zero-order chi connectivity index (χ0) is 11.8. The fourth-order valence-electron chi connectivity index (χ4n) is 1.99. The molecule has 1 amide bonds. The minimum Gasteiger partial charge on any atom is -0.353 e. The van der Waals surface area contributed by atoms with E-state index < -0.39 is 0 Å². The summed E-state index contributed by atoms with van der Waals surface area (Å²) in [6.45, 7) is 0. The van der Waals surface area contributed by atoms with Gasteiger partial charge in [0, 0.05) is 47.8 Å². The van der Waals surface area contributed by atoms with E-state index in [1.807, 2.05) is 0 Å². The van der Waals surface area contributed by atoms with Crippen molar-refractivity contribution >= 4 is 35.1 Å². The van der Waals surface area contributed by atoms with Gasteiger partial charge >= 0.3 is 0 Å². The van der Waals surface area contributed by atoms with Gasteiger partial charge in [0.05, 0.1) is 0 Å². The molecule has 0 spiro atoms. The van der Waals surface area contributed by atoms with Gasteiger partial charge in [-0.15, -0.1) is 0 Å². The Bertz CT molecular complexity index is 228. The Morgan fingerprint density at radius 3 is 2.44 bits per heavy atom. The molecule has 5 heteroatoms. The van der Waals surface area contributed by atoms with Crippen LogP contribution in [0.15, 0.2) is 0 Å². The van der Waals surface area contributed by atoms with Gasteiger partial charge in [-0.25, -0.2) is 0 Å². The first-order valence-corrected chi connectivity index (χ1v) is 6.93. The van der Waals surface area contributed by atoms with E-state index in [1.54, 1.807) is 0 Å². The molecule has 0 radical (unpaired) electrons. The Kier molecular flexibility index (Phi) is 6.95. The van der Waals surface area contributed by atoms with Crippen LogP contribution in [-0.2, 0) is 9.59 Å². The monoisotopic (exact) mass is 338 g/mol. The Balaban J connectivity index is 2.13. The molecule has 0 aromatic rings. The molecule has 1 fully saturated rings. The number of aldehydes is 1. The largest absolute Gasteiger partial charge is 0.353 e. The van der Waals surface area contributed by atoms with Crippen LogP contribution in [-0.4, -0.2) is 24.3 Å². The molecule has 2 N–H and O–H groups in total. The zero-order valence-corrected chi connectivity index (χ0v) is 11.5. The Morgan fingerprint density at radius 2 is 1.88 bits per heavy atom.